The van der Waals surface area contributed by atoms with Crippen LogP contribution in [0.5, 0.6) is 0 Å². The average molecular weight is 919 g/mol. The molecule has 3 fully saturated rings. The number of fused-ring (bicyclic) bond motifs is 5. The first-order valence-electron chi connectivity index (χ1n) is 21.1. The Labute approximate surface area is 377 Å². The van der Waals surface area contributed by atoms with Crippen LogP contribution in [0.25, 0.3) is 0 Å². The zero-order chi connectivity index (χ0) is 48.3. The molecule has 2 aliphatic carbocycles. The lowest BCUT2D eigenvalue weighted by Crippen LogP contribution is -2.89. The molecule has 4 heterocycles. The molecular weight excluding hydrogens is 869 g/mol. The molecule has 0 unspecified atom stereocenters. The average Bonchev–Trinajstić information content (AvgIpc) is 3.49. The van der Waals surface area contributed by atoms with Crippen molar-refractivity contribution in [3.05, 3.63) is 99.7 Å². The van der Waals surface area contributed by atoms with Gasteiger partial charge in [-0.2, -0.15) is 0 Å². The summed E-state index contributed by atoms with van der Waals surface area (Å²) >= 11 is 0. The summed E-state index contributed by atoms with van der Waals surface area (Å²) < 4.78 is 50.8. The van der Waals surface area contributed by atoms with Crippen molar-refractivity contribution in [3.8, 4) is 0 Å². The van der Waals surface area contributed by atoms with Gasteiger partial charge in [0.25, 0.3) is 0 Å². The van der Waals surface area contributed by atoms with Crippen LogP contribution < -0.4 is 5.56 Å². The summed E-state index contributed by atoms with van der Waals surface area (Å²) in [5, 5.41) is 26.6. The molecule has 2 N–H and O–H groups in total. The number of cyclic esters (lactones) is 1. The SMILES string of the molecule is CC(=O)OC[C@]12[C@H](OC(C)=O)[C@@H](O)[C@@H]3[C@@H](OC(C)=O)[C@@]14O[C@@]3(C)COC(=O)c1cccnc1[C@@H](C)[C@@H](C)C(=O)O[C@@H]([C@H](OC(=O)c1ccc(=O)n(C)c1)[C@@H]2OC(=O)c1ccccc1)[C@]4(C)O. The number of carbonyl (C=O) groups is 7. The first-order valence-corrected chi connectivity index (χ1v) is 21.1. The minimum Gasteiger partial charge on any atom is -0.465 e. The second-order valence-corrected chi connectivity index (χ2v) is 17.6. The van der Waals surface area contributed by atoms with Crippen LogP contribution in [-0.2, 0) is 64.1 Å². The van der Waals surface area contributed by atoms with E-state index >= 15 is 0 Å². The molecule has 20 nitrogen and oxygen atoms in total. The smallest absolute Gasteiger partial charge is 0.340 e. The van der Waals surface area contributed by atoms with Gasteiger partial charge in [0.05, 0.1) is 34.2 Å². The van der Waals surface area contributed by atoms with Crippen LogP contribution in [0.3, 0.4) is 0 Å². The topological polar surface area (TPSA) is 269 Å². The number of esters is 7. The van der Waals surface area contributed by atoms with E-state index in [1.807, 2.05) is 0 Å². The van der Waals surface area contributed by atoms with E-state index < -0.39 is 137 Å². The Hall–Kier alpha value is -6.51. The van der Waals surface area contributed by atoms with Crippen LogP contribution in [0.15, 0.2) is 71.8 Å². The summed E-state index contributed by atoms with van der Waals surface area (Å²) in [6, 6.07) is 12.4. The number of carbonyl (C=O) groups excluding carboxylic acids is 7. The van der Waals surface area contributed by atoms with Crippen molar-refractivity contribution < 1.29 is 81.7 Å². The van der Waals surface area contributed by atoms with Crippen LogP contribution in [0, 0.1) is 17.3 Å². The Balaban J connectivity index is 1.62. The van der Waals surface area contributed by atoms with E-state index in [1.165, 1.54) is 63.5 Å². The van der Waals surface area contributed by atoms with Gasteiger partial charge < -0.3 is 52.7 Å². The van der Waals surface area contributed by atoms with Crippen molar-refractivity contribution in [1.29, 1.82) is 0 Å². The monoisotopic (exact) mass is 918 g/mol. The van der Waals surface area contributed by atoms with Crippen molar-refractivity contribution in [1.82, 2.24) is 9.55 Å². The quantitative estimate of drug-likeness (QED) is 0.241. The van der Waals surface area contributed by atoms with Gasteiger partial charge in [-0.15, -0.1) is 0 Å². The van der Waals surface area contributed by atoms with Crippen LogP contribution in [0.2, 0.25) is 0 Å². The van der Waals surface area contributed by atoms with Gasteiger partial charge in [-0.3, -0.25) is 29.0 Å². The molecule has 4 bridgehead atoms. The Kier molecular flexibility index (Phi) is 12.5. The lowest BCUT2D eigenvalue weighted by Gasteiger charge is -2.67. The second-order valence-electron chi connectivity index (χ2n) is 17.6. The largest absolute Gasteiger partial charge is 0.465 e. The molecule has 7 rings (SSSR count). The van der Waals surface area contributed by atoms with Crippen molar-refractivity contribution in [2.24, 2.45) is 24.3 Å². The Morgan fingerprint density at radius 2 is 1.45 bits per heavy atom. The van der Waals surface area contributed by atoms with E-state index in [0.717, 1.165) is 50.6 Å². The van der Waals surface area contributed by atoms with E-state index in [-0.39, 0.29) is 22.4 Å². The number of benzene rings is 1. The summed E-state index contributed by atoms with van der Waals surface area (Å²) in [7, 11) is 1.35. The number of hydrogen-bond donors (Lipinski definition) is 2. The van der Waals surface area contributed by atoms with Gasteiger partial charge in [0.15, 0.2) is 23.9 Å². The summed E-state index contributed by atoms with van der Waals surface area (Å²) in [5.41, 5.74) is -11.5. The number of rotatable bonds is 8. The summed E-state index contributed by atoms with van der Waals surface area (Å²) in [5.74, 6) is -11.3. The summed E-state index contributed by atoms with van der Waals surface area (Å²) in [4.78, 5) is 115. The highest BCUT2D eigenvalue weighted by atomic mass is 16.7. The van der Waals surface area contributed by atoms with Gasteiger partial charge in [0.1, 0.15) is 48.1 Å². The second kappa shape index (κ2) is 17.4. The normalized spacial score (nSPS) is 34.6. The predicted molar refractivity (Wildman–Crippen MR) is 221 cm³/mol. The maximum Gasteiger partial charge on any atom is 0.340 e. The number of aryl methyl sites for hydroxylation is 1. The molecule has 20 heteroatoms. The molecule has 13 atom stereocenters. The molecule has 2 saturated carbocycles. The fraction of sp³-hybridized carbons (Fsp3) is 0.500. The number of ether oxygens (including phenoxy) is 8. The molecule has 66 heavy (non-hydrogen) atoms. The van der Waals surface area contributed by atoms with Gasteiger partial charge in [0.2, 0.25) is 5.56 Å². The number of nitrogens with zero attached hydrogens (tertiary/aromatic N) is 2. The van der Waals surface area contributed by atoms with Crippen LogP contribution in [0.4, 0.5) is 0 Å². The number of aromatic nitrogens is 2. The standard InChI is InChI=1S/C46H50N2O18/c1-22-23(2)39(54)64-37-34(63-41(56)28-16-17-30(52)48(8)19-28)38(65-40(55)27-13-10-9-11-14-27)45(21-59-24(3)49)36(62-26(5)51)33(53)31-35(61-25(4)50)46(45,44(37,7)58)66-43(31,6)20-60-42(57)29-15-12-18-47-32(22)29/h9-19,22-23,31,33-38,53,58H,20-21H2,1-8H3/t22-,23+,31+,33-,34-,35+,36+,37-,38-,43-,44-,45+,46-/m0/s1. The maximum atomic E-state index is 14.8. The molecule has 1 aromatic carbocycles. The highest BCUT2D eigenvalue weighted by Crippen LogP contribution is 2.70. The Bertz CT molecular complexity index is 2520. The Morgan fingerprint density at radius 3 is 2.09 bits per heavy atom. The Morgan fingerprint density at radius 1 is 0.803 bits per heavy atom. The van der Waals surface area contributed by atoms with E-state index in [0.29, 0.717) is 0 Å². The van der Waals surface area contributed by atoms with Gasteiger partial charge in [0, 0.05) is 52.2 Å². The molecule has 352 valence electrons. The third-order valence-corrected chi connectivity index (χ3v) is 13.4. The first kappa shape index (κ1) is 47.5. The fourth-order valence-electron chi connectivity index (χ4n) is 10.3. The zero-order valence-corrected chi connectivity index (χ0v) is 37.3. The highest BCUT2D eigenvalue weighted by Gasteiger charge is 2.91. The zero-order valence-electron chi connectivity index (χ0n) is 37.3. The fourth-order valence-corrected chi connectivity index (χ4v) is 10.3. The molecule has 2 aliphatic heterocycles. The van der Waals surface area contributed by atoms with Gasteiger partial charge in [-0.25, -0.2) is 14.4 Å². The number of hydrogen-bond acceptors (Lipinski definition) is 19. The van der Waals surface area contributed by atoms with Crippen LogP contribution in [-0.4, -0.2) is 128 Å². The molecule has 4 aliphatic rings. The van der Waals surface area contributed by atoms with Crippen molar-refractivity contribution in [3.63, 3.8) is 0 Å². The number of aliphatic hydroxyl groups is 2. The van der Waals surface area contributed by atoms with Crippen molar-refractivity contribution in [2.45, 2.75) is 108 Å². The van der Waals surface area contributed by atoms with E-state index in [9.17, 15) is 48.6 Å². The van der Waals surface area contributed by atoms with Gasteiger partial charge in [-0.1, -0.05) is 32.0 Å². The molecule has 1 saturated heterocycles. The van der Waals surface area contributed by atoms with Crippen LogP contribution >= 0.6 is 0 Å². The summed E-state index contributed by atoms with van der Waals surface area (Å²) in [6.45, 7) is 6.51. The lowest BCUT2D eigenvalue weighted by atomic mass is 9.45. The highest BCUT2D eigenvalue weighted by molar-refractivity contribution is 5.92. The molecular formula is C46H50N2O18. The summed E-state index contributed by atoms with van der Waals surface area (Å²) in [6.07, 6.45) is -10.5. The van der Waals surface area contributed by atoms with E-state index in [1.54, 1.807) is 13.0 Å². The molecule has 1 spiro atoms. The minimum absolute atomic E-state index is 0.0623. The molecule has 0 amide bonds. The molecule has 3 aromatic rings. The molecule has 0 radical (unpaired) electrons. The predicted octanol–water partition coefficient (Wildman–Crippen LogP) is 1.75. The first-order chi connectivity index (χ1) is 31.0. The van der Waals surface area contributed by atoms with E-state index in [2.05, 4.69) is 4.98 Å². The van der Waals surface area contributed by atoms with Crippen molar-refractivity contribution >= 4 is 41.8 Å². The lowest BCUT2D eigenvalue weighted by molar-refractivity contribution is -0.384. The maximum absolute atomic E-state index is 14.8. The van der Waals surface area contributed by atoms with E-state index in [4.69, 9.17) is 37.9 Å². The van der Waals surface area contributed by atoms with Gasteiger partial charge in [-0.05, 0) is 44.2 Å². The van der Waals surface area contributed by atoms with Crippen molar-refractivity contribution in [2.75, 3.05) is 13.2 Å². The van der Waals surface area contributed by atoms with Crippen LogP contribution in [0.1, 0.15) is 91.2 Å². The minimum atomic E-state index is -2.94. The third kappa shape index (κ3) is 7.59. The molecule has 2 aromatic heterocycles. The third-order valence-electron chi connectivity index (χ3n) is 13.4. The number of pyridine rings is 2. The van der Waals surface area contributed by atoms with Gasteiger partial charge >= 0.3 is 41.8 Å². The number of aliphatic hydroxyl groups excluding tert-OH is 1.